The molecule has 116 valence electrons. The Morgan fingerprint density at radius 3 is 1.39 bits per heavy atom. The predicted molar refractivity (Wildman–Crippen MR) is 90.9 cm³/mol. The lowest BCUT2D eigenvalue weighted by Gasteiger charge is -2.25. The summed E-state index contributed by atoms with van der Waals surface area (Å²) in [5.41, 5.74) is 2.71. The third kappa shape index (κ3) is 3.41. The third-order valence-electron chi connectivity index (χ3n) is 3.42. The second kappa shape index (κ2) is 6.24. The number of nitrogens with zero attached hydrogens (tertiary/aromatic N) is 1. The summed E-state index contributed by atoms with van der Waals surface area (Å²) in [6, 6.07) is 25.7. The van der Waals surface area contributed by atoms with Crippen molar-refractivity contribution in [2.24, 2.45) is 0 Å². The maximum absolute atomic E-state index is 11.2. The molecule has 4 nitrogen and oxygen atoms in total. The van der Waals surface area contributed by atoms with Crippen LogP contribution in [0.3, 0.4) is 0 Å². The van der Waals surface area contributed by atoms with Crippen molar-refractivity contribution in [2.45, 2.75) is 4.90 Å². The van der Waals surface area contributed by atoms with E-state index in [1.807, 2.05) is 65.6 Å². The fourth-order valence-electron chi connectivity index (χ4n) is 2.37. The molecule has 23 heavy (non-hydrogen) atoms. The van der Waals surface area contributed by atoms with E-state index in [-0.39, 0.29) is 4.90 Å². The van der Waals surface area contributed by atoms with E-state index in [9.17, 15) is 8.42 Å². The smallest absolute Gasteiger partial charge is 0.294 e. The van der Waals surface area contributed by atoms with Gasteiger partial charge >= 0.3 is 0 Å². The van der Waals surface area contributed by atoms with Crippen molar-refractivity contribution in [3.8, 4) is 0 Å². The Bertz CT molecular complexity index is 837. The minimum absolute atomic E-state index is 0.123. The average Bonchev–Trinajstić information content (AvgIpc) is 2.57. The quantitative estimate of drug-likeness (QED) is 0.722. The molecular weight excluding hydrogens is 310 g/mol. The second-order valence-electron chi connectivity index (χ2n) is 4.98. The number of anilines is 3. The molecule has 0 aromatic heterocycles. The van der Waals surface area contributed by atoms with Crippen molar-refractivity contribution in [1.82, 2.24) is 0 Å². The molecule has 3 aromatic rings. The summed E-state index contributed by atoms with van der Waals surface area (Å²) < 4.78 is 31.5. The van der Waals surface area contributed by atoms with Gasteiger partial charge in [-0.05, 0) is 48.5 Å². The van der Waals surface area contributed by atoms with Crippen LogP contribution in [-0.2, 0) is 10.1 Å². The van der Waals surface area contributed by atoms with Crippen LogP contribution in [0.4, 0.5) is 17.1 Å². The summed E-state index contributed by atoms with van der Waals surface area (Å²) in [5.74, 6) is 0. The largest absolute Gasteiger partial charge is 0.311 e. The summed E-state index contributed by atoms with van der Waals surface area (Å²) >= 11 is 0. The van der Waals surface area contributed by atoms with Crippen LogP contribution >= 0.6 is 0 Å². The highest BCUT2D eigenvalue weighted by Crippen LogP contribution is 2.34. The van der Waals surface area contributed by atoms with Gasteiger partial charge in [-0.1, -0.05) is 36.4 Å². The first-order valence-corrected chi connectivity index (χ1v) is 8.47. The zero-order valence-electron chi connectivity index (χ0n) is 12.2. The maximum atomic E-state index is 11.2. The van der Waals surface area contributed by atoms with Crippen molar-refractivity contribution in [3.05, 3.63) is 84.9 Å². The van der Waals surface area contributed by atoms with Crippen molar-refractivity contribution < 1.29 is 13.0 Å². The van der Waals surface area contributed by atoms with Gasteiger partial charge in [0.2, 0.25) is 0 Å². The fraction of sp³-hybridized carbons (Fsp3) is 0. The molecule has 0 aliphatic carbocycles. The van der Waals surface area contributed by atoms with Gasteiger partial charge in [0.05, 0.1) is 4.90 Å². The Kier molecular flexibility index (Phi) is 4.14. The Morgan fingerprint density at radius 1 is 0.609 bits per heavy atom. The van der Waals surface area contributed by atoms with Gasteiger partial charge in [0.25, 0.3) is 10.1 Å². The monoisotopic (exact) mass is 325 g/mol. The number of hydrogen-bond acceptors (Lipinski definition) is 3. The van der Waals surface area contributed by atoms with Crippen molar-refractivity contribution >= 4 is 27.2 Å². The summed E-state index contributed by atoms with van der Waals surface area (Å²) in [6.45, 7) is 0. The first-order valence-electron chi connectivity index (χ1n) is 7.03. The zero-order valence-corrected chi connectivity index (χ0v) is 13.0. The normalized spacial score (nSPS) is 11.2. The third-order valence-corrected chi connectivity index (χ3v) is 4.29. The van der Waals surface area contributed by atoms with Gasteiger partial charge in [0, 0.05) is 17.1 Å². The van der Waals surface area contributed by atoms with Gasteiger partial charge in [0.15, 0.2) is 0 Å². The first kappa shape index (κ1) is 15.3. The van der Waals surface area contributed by atoms with Crippen LogP contribution in [0.2, 0.25) is 0 Å². The molecule has 0 aliphatic rings. The standard InChI is InChI=1S/C18H15NO3S/c20-23(21,22)18-13-11-17(12-14-18)19(15-7-3-1-4-8-15)16-9-5-2-6-10-16/h1-14H,(H,20,21,22). The highest BCUT2D eigenvalue weighted by atomic mass is 32.2. The van der Waals surface area contributed by atoms with E-state index in [0.717, 1.165) is 17.1 Å². The second-order valence-corrected chi connectivity index (χ2v) is 6.40. The van der Waals surface area contributed by atoms with Crippen molar-refractivity contribution in [3.63, 3.8) is 0 Å². The molecule has 3 aromatic carbocycles. The lowest BCUT2D eigenvalue weighted by molar-refractivity contribution is 0.483. The van der Waals surface area contributed by atoms with Crippen LogP contribution in [0.1, 0.15) is 0 Å². The molecule has 0 unspecified atom stereocenters. The van der Waals surface area contributed by atoms with Crippen LogP contribution in [0.15, 0.2) is 89.8 Å². The van der Waals surface area contributed by atoms with Gasteiger partial charge in [-0.15, -0.1) is 0 Å². The summed E-state index contributed by atoms with van der Waals surface area (Å²) in [6.07, 6.45) is 0. The molecule has 5 heteroatoms. The van der Waals surface area contributed by atoms with Gasteiger partial charge < -0.3 is 4.90 Å². The average molecular weight is 325 g/mol. The van der Waals surface area contributed by atoms with Gasteiger partial charge in [-0.25, -0.2) is 0 Å². The Balaban J connectivity index is 2.09. The van der Waals surface area contributed by atoms with Crippen LogP contribution in [0.5, 0.6) is 0 Å². The Labute approximate surface area is 135 Å². The van der Waals surface area contributed by atoms with Crippen LogP contribution in [0.25, 0.3) is 0 Å². The van der Waals surface area contributed by atoms with Gasteiger partial charge in [-0.2, -0.15) is 8.42 Å². The summed E-state index contributed by atoms with van der Waals surface area (Å²) in [7, 11) is -4.19. The van der Waals surface area contributed by atoms with Gasteiger partial charge in [0.1, 0.15) is 0 Å². The topological polar surface area (TPSA) is 57.6 Å². The molecular formula is C18H15NO3S. The van der Waals surface area contributed by atoms with E-state index in [1.165, 1.54) is 12.1 Å². The van der Waals surface area contributed by atoms with Crippen molar-refractivity contribution in [2.75, 3.05) is 4.90 Å². The molecule has 0 bridgehead atoms. The van der Waals surface area contributed by atoms with Crippen molar-refractivity contribution in [1.29, 1.82) is 0 Å². The lowest BCUT2D eigenvalue weighted by atomic mass is 10.2. The molecule has 0 aliphatic heterocycles. The number of hydrogen-bond donors (Lipinski definition) is 1. The molecule has 0 atom stereocenters. The number of rotatable bonds is 4. The van der Waals surface area contributed by atoms with E-state index in [1.54, 1.807) is 12.1 Å². The minimum atomic E-state index is -4.19. The molecule has 0 saturated heterocycles. The van der Waals surface area contributed by atoms with E-state index in [2.05, 4.69) is 0 Å². The molecule has 1 N–H and O–H groups in total. The SMILES string of the molecule is O=S(=O)(O)c1ccc(N(c2ccccc2)c2ccccc2)cc1. The van der Waals surface area contributed by atoms with Gasteiger partial charge in [-0.3, -0.25) is 4.55 Å². The molecule has 0 fully saturated rings. The molecule has 3 rings (SSSR count). The Hall–Kier alpha value is -2.63. The van der Waals surface area contributed by atoms with Crippen LogP contribution < -0.4 is 4.90 Å². The fourth-order valence-corrected chi connectivity index (χ4v) is 2.85. The molecule has 0 amide bonds. The van der Waals surface area contributed by atoms with E-state index in [0.29, 0.717) is 0 Å². The van der Waals surface area contributed by atoms with E-state index in [4.69, 9.17) is 4.55 Å². The molecule has 0 radical (unpaired) electrons. The molecule has 0 heterocycles. The molecule has 0 saturated carbocycles. The highest BCUT2D eigenvalue weighted by molar-refractivity contribution is 7.85. The summed E-state index contributed by atoms with van der Waals surface area (Å²) in [5, 5.41) is 0. The first-order chi connectivity index (χ1) is 11.1. The highest BCUT2D eigenvalue weighted by Gasteiger charge is 2.14. The van der Waals surface area contributed by atoms with Crippen LogP contribution in [-0.4, -0.2) is 13.0 Å². The predicted octanol–water partition coefficient (Wildman–Crippen LogP) is 4.40. The maximum Gasteiger partial charge on any atom is 0.294 e. The zero-order chi connectivity index (χ0) is 16.3. The van der Waals surface area contributed by atoms with E-state index >= 15 is 0 Å². The molecule has 0 spiro atoms. The lowest BCUT2D eigenvalue weighted by Crippen LogP contribution is -2.10. The summed E-state index contributed by atoms with van der Waals surface area (Å²) in [4.78, 5) is 1.88. The minimum Gasteiger partial charge on any atom is -0.311 e. The number of benzene rings is 3. The Morgan fingerprint density at radius 2 is 1.00 bits per heavy atom. The van der Waals surface area contributed by atoms with E-state index < -0.39 is 10.1 Å². The number of para-hydroxylation sites is 2. The van der Waals surface area contributed by atoms with Crippen LogP contribution in [0, 0.1) is 0 Å².